The van der Waals surface area contributed by atoms with E-state index in [9.17, 15) is 23.4 Å². The van der Waals surface area contributed by atoms with Crippen molar-refractivity contribution >= 4 is 15.9 Å². The van der Waals surface area contributed by atoms with E-state index in [4.69, 9.17) is 4.28 Å². The summed E-state index contributed by atoms with van der Waals surface area (Å²) in [6.45, 7) is 3.90. The van der Waals surface area contributed by atoms with Crippen molar-refractivity contribution in [2.24, 2.45) is 16.7 Å². The molecule has 7 nitrogen and oxygen atoms in total. The van der Waals surface area contributed by atoms with Crippen LogP contribution in [0.4, 0.5) is 0 Å². The summed E-state index contributed by atoms with van der Waals surface area (Å²) in [6.07, 6.45) is 6.43. The Hall–Kier alpha value is -1.96. The van der Waals surface area contributed by atoms with E-state index in [1.807, 2.05) is 26.0 Å². The van der Waals surface area contributed by atoms with Crippen LogP contribution < -0.4 is 4.28 Å². The SMILES string of the molecule is CC1(C)C2CCC1(CS(=O)(=O)On1c(O)c3c(c1O)C1C=CC3C1)C(=O)C2. The highest BCUT2D eigenvalue weighted by Gasteiger charge is 2.65. The average molecular weight is 393 g/mol. The predicted molar refractivity (Wildman–Crippen MR) is 95.9 cm³/mol. The van der Waals surface area contributed by atoms with Crippen molar-refractivity contribution in [3.05, 3.63) is 23.3 Å². The Labute approximate surface area is 157 Å². The normalized spacial score (nSPS) is 35.2. The van der Waals surface area contributed by atoms with Crippen LogP contribution in [-0.4, -0.2) is 34.9 Å². The van der Waals surface area contributed by atoms with Gasteiger partial charge in [-0.15, -0.1) is 0 Å². The van der Waals surface area contributed by atoms with Gasteiger partial charge in [0.1, 0.15) is 11.5 Å². The number of carbonyl (C=O) groups excluding carboxylic acids is 1. The van der Waals surface area contributed by atoms with E-state index in [0.29, 0.717) is 28.7 Å². The van der Waals surface area contributed by atoms with Crippen LogP contribution in [0.1, 0.15) is 62.5 Å². The first-order chi connectivity index (χ1) is 12.6. The van der Waals surface area contributed by atoms with E-state index in [1.165, 1.54) is 0 Å². The van der Waals surface area contributed by atoms with Crippen molar-refractivity contribution in [3.8, 4) is 11.8 Å². The lowest BCUT2D eigenvalue weighted by Gasteiger charge is -2.35. The number of rotatable bonds is 4. The third-order valence-electron chi connectivity index (χ3n) is 7.73. The molecule has 146 valence electrons. The minimum atomic E-state index is -4.21. The van der Waals surface area contributed by atoms with Gasteiger partial charge in [0.25, 0.3) is 0 Å². The quantitative estimate of drug-likeness (QED) is 0.760. The third-order valence-corrected chi connectivity index (χ3v) is 8.95. The molecule has 4 aliphatic carbocycles. The molecule has 1 aromatic rings. The van der Waals surface area contributed by atoms with E-state index >= 15 is 0 Å². The van der Waals surface area contributed by atoms with Crippen LogP contribution in [-0.2, 0) is 14.9 Å². The molecule has 2 fully saturated rings. The molecule has 0 aliphatic heterocycles. The summed E-state index contributed by atoms with van der Waals surface area (Å²) in [4.78, 5) is 12.6. The van der Waals surface area contributed by atoms with Crippen LogP contribution >= 0.6 is 0 Å². The molecular weight excluding hydrogens is 370 g/mol. The van der Waals surface area contributed by atoms with Crippen LogP contribution in [0.25, 0.3) is 0 Å². The Bertz CT molecular complexity index is 968. The zero-order chi connectivity index (χ0) is 19.4. The Kier molecular flexibility index (Phi) is 3.11. The highest BCUT2D eigenvalue weighted by Crippen LogP contribution is 2.64. The van der Waals surface area contributed by atoms with Gasteiger partial charge in [0.15, 0.2) is 0 Å². The van der Waals surface area contributed by atoms with Crippen molar-refractivity contribution in [1.29, 1.82) is 0 Å². The first-order valence-corrected chi connectivity index (χ1v) is 11.0. The number of aromatic nitrogens is 1. The van der Waals surface area contributed by atoms with Gasteiger partial charge in [-0.2, -0.15) is 8.42 Å². The van der Waals surface area contributed by atoms with Gasteiger partial charge in [-0.3, -0.25) is 9.08 Å². The van der Waals surface area contributed by atoms with Gasteiger partial charge in [-0.05, 0) is 30.6 Å². The number of ketones is 1. The zero-order valence-electron chi connectivity index (χ0n) is 15.3. The average Bonchev–Trinajstić information content (AvgIpc) is 3.33. The van der Waals surface area contributed by atoms with E-state index in [0.717, 1.165) is 12.8 Å². The summed E-state index contributed by atoms with van der Waals surface area (Å²) < 4.78 is 31.5. The van der Waals surface area contributed by atoms with Gasteiger partial charge in [0, 0.05) is 29.4 Å². The second kappa shape index (κ2) is 4.90. The summed E-state index contributed by atoms with van der Waals surface area (Å²) in [5.74, 6) is -1.08. The number of aromatic hydroxyl groups is 2. The molecule has 5 rings (SSSR count). The molecule has 0 aromatic carbocycles. The molecule has 4 bridgehead atoms. The monoisotopic (exact) mass is 393 g/mol. The molecule has 4 atom stereocenters. The fraction of sp³-hybridized carbons (Fsp3) is 0.632. The van der Waals surface area contributed by atoms with Crippen molar-refractivity contribution < 1.29 is 27.7 Å². The molecular formula is C19H23NO6S. The second-order valence-corrected chi connectivity index (χ2v) is 10.6. The first-order valence-electron chi connectivity index (χ1n) is 9.38. The maximum atomic E-state index is 12.8. The molecule has 0 saturated heterocycles. The highest BCUT2D eigenvalue weighted by atomic mass is 32.2. The van der Waals surface area contributed by atoms with Crippen molar-refractivity contribution in [1.82, 2.24) is 4.73 Å². The molecule has 2 N–H and O–H groups in total. The Morgan fingerprint density at radius 1 is 1.19 bits per heavy atom. The standard InChI is InChI=1S/C19H23NO6S/c1-18(2)12-5-6-19(18,13(21)8-12)9-27(24,25)26-20-16(22)14-10-3-4-11(7-10)15(14)17(20)23/h3-4,10-12,22-23H,5-9H2,1-2H3. The molecule has 1 heterocycles. The lowest BCUT2D eigenvalue weighted by atomic mass is 9.70. The minimum Gasteiger partial charge on any atom is -0.492 e. The smallest absolute Gasteiger partial charge is 0.328 e. The van der Waals surface area contributed by atoms with Crippen LogP contribution in [0, 0.1) is 16.7 Å². The summed E-state index contributed by atoms with van der Waals surface area (Å²) in [5.41, 5.74) is -0.303. The zero-order valence-corrected chi connectivity index (χ0v) is 16.1. The molecule has 2 saturated carbocycles. The van der Waals surface area contributed by atoms with Crippen LogP contribution in [0.3, 0.4) is 0 Å². The Balaban J connectivity index is 1.48. The Morgan fingerprint density at radius 3 is 2.26 bits per heavy atom. The predicted octanol–water partition coefficient (Wildman–Crippen LogP) is 2.19. The highest BCUT2D eigenvalue weighted by molar-refractivity contribution is 7.86. The van der Waals surface area contributed by atoms with E-state index in [-0.39, 0.29) is 35.3 Å². The third kappa shape index (κ3) is 1.97. The molecule has 27 heavy (non-hydrogen) atoms. The number of fused-ring (bicyclic) bond motifs is 7. The molecule has 4 unspecified atom stereocenters. The lowest BCUT2D eigenvalue weighted by molar-refractivity contribution is -0.128. The van der Waals surface area contributed by atoms with Crippen LogP contribution in [0.2, 0.25) is 0 Å². The van der Waals surface area contributed by atoms with E-state index in [2.05, 4.69) is 0 Å². The van der Waals surface area contributed by atoms with Gasteiger partial charge in [0.05, 0.1) is 5.41 Å². The van der Waals surface area contributed by atoms with Gasteiger partial charge in [-0.1, -0.05) is 30.7 Å². The van der Waals surface area contributed by atoms with Crippen molar-refractivity contribution in [2.45, 2.75) is 51.4 Å². The summed E-state index contributed by atoms with van der Waals surface area (Å²) >= 11 is 0. The molecule has 4 aliphatic rings. The number of hydrogen-bond donors (Lipinski definition) is 2. The first kappa shape index (κ1) is 17.2. The van der Waals surface area contributed by atoms with Crippen molar-refractivity contribution in [2.75, 3.05) is 5.75 Å². The molecule has 0 radical (unpaired) electrons. The number of hydrogen-bond acceptors (Lipinski definition) is 6. The Morgan fingerprint density at radius 2 is 1.78 bits per heavy atom. The minimum absolute atomic E-state index is 0.0263. The molecule has 0 spiro atoms. The topological polar surface area (TPSA) is 106 Å². The lowest BCUT2D eigenvalue weighted by Crippen LogP contribution is -2.44. The summed E-state index contributed by atoms with van der Waals surface area (Å²) in [7, 11) is -4.21. The summed E-state index contributed by atoms with van der Waals surface area (Å²) in [6, 6.07) is 0. The van der Waals surface area contributed by atoms with E-state index < -0.39 is 26.7 Å². The molecule has 1 aromatic heterocycles. The fourth-order valence-corrected chi connectivity index (χ4v) is 7.74. The fourth-order valence-electron chi connectivity index (χ4n) is 6.04. The second-order valence-electron chi connectivity index (χ2n) is 9.05. The van der Waals surface area contributed by atoms with Crippen LogP contribution in [0.15, 0.2) is 12.2 Å². The molecule has 0 amide bonds. The number of allylic oxidation sites excluding steroid dienone is 2. The summed E-state index contributed by atoms with van der Waals surface area (Å²) in [5, 5.41) is 20.9. The van der Waals surface area contributed by atoms with Gasteiger partial charge in [-0.25, -0.2) is 0 Å². The number of nitrogens with zero attached hydrogens (tertiary/aromatic N) is 1. The van der Waals surface area contributed by atoms with Crippen molar-refractivity contribution in [3.63, 3.8) is 0 Å². The van der Waals surface area contributed by atoms with Crippen LogP contribution in [0.5, 0.6) is 11.8 Å². The van der Waals surface area contributed by atoms with Gasteiger partial charge >= 0.3 is 10.1 Å². The molecule has 8 heteroatoms. The van der Waals surface area contributed by atoms with Gasteiger partial charge < -0.3 is 10.2 Å². The van der Waals surface area contributed by atoms with Gasteiger partial charge in [0.2, 0.25) is 11.8 Å². The maximum Gasteiger partial charge on any atom is 0.328 e. The maximum absolute atomic E-state index is 12.8. The number of carbonyl (C=O) groups is 1. The number of Topliss-reactive ketones (excluding diaryl/α,β-unsaturated/α-hetero) is 1. The van der Waals surface area contributed by atoms with E-state index in [1.54, 1.807) is 0 Å². The largest absolute Gasteiger partial charge is 0.492 e.